The Labute approximate surface area is 209 Å². The molecule has 0 radical (unpaired) electrons. The molecule has 5 rings (SSSR count). The second kappa shape index (κ2) is 9.84. The van der Waals surface area contributed by atoms with Gasteiger partial charge in [-0.2, -0.15) is 0 Å². The van der Waals surface area contributed by atoms with Crippen LogP contribution >= 0.6 is 0 Å². The van der Waals surface area contributed by atoms with Crippen molar-refractivity contribution >= 4 is 28.9 Å². The molecule has 0 spiro atoms. The molecule has 2 aliphatic heterocycles. The van der Waals surface area contributed by atoms with E-state index in [1.54, 1.807) is 17.0 Å². The fourth-order valence-electron chi connectivity index (χ4n) is 5.11. The fourth-order valence-corrected chi connectivity index (χ4v) is 5.11. The molecule has 0 saturated carbocycles. The Balaban J connectivity index is 1.31. The summed E-state index contributed by atoms with van der Waals surface area (Å²) in [7, 11) is 0. The second-order valence-corrected chi connectivity index (χ2v) is 9.10. The molecule has 1 amide bonds. The first-order valence-electron chi connectivity index (χ1n) is 12.1. The van der Waals surface area contributed by atoms with Crippen molar-refractivity contribution < 1.29 is 14.1 Å². The highest BCUT2D eigenvalue weighted by Crippen LogP contribution is 2.36. The van der Waals surface area contributed by atoms with Crippen molar-refractivity contribution in [3.63, 3.8) is 0 Å². The van der Waals surface area contributed by atoms with Gasteiger partial charge in [0.1, 0.15) is 6.33 Å². The molecule has 2 aromatic heterocycles. The van der Waals surface area contributed by atoms with E-state index < -0.39 is 0 Å². The van der Waals surface area contributed by atoms with Crippen molar-refractivity contribution in [3.8, 4) is 0 Å². The van der Waals surface area contributed by atoms with E-state index in [9.17, 15) is 14.9 Å². The van der Waals surface area contributed by atoms with Crippen molar-refractivity contribution in [3.05, 3.63) is 69.9 Å². The number of anilines is 3. The molecule has 11 nitrogen and oxygen atoms in total. The molecule has 2 fully saturated rings. The SMILES string of the molecule is Cc1cccc(C)c1N1CCN(c2ncnc(N3CCN(C(=O)c4ccco4)CC3)c2[N+](=O)[O-])CC1. The largest absolute Gasteiger partial charge is 0.459 e. The molecule has 36 heavy (non-hydrogen) atoms. The van der Waals surface area contributed by atoms with E-state index in [1.165, 1.54) is 29.4 Å². The predicted octanol–water partition coefficient (Wildman–Crippen LogP) is 2.88. The van der Waals surface area contributed by atoms with Gasteiger partial charge in [0.05, 0.1) is 11.2 Å². The lowest BCUT2D eigenvalue weighted by Crippen LogP contribution is -2.49. The molecule has 3 aromatic rings. The topological polar surface area (TPSA) is 112 Å². The Morgan fingerprint density at radius 2 is 1.42 bits per heavy atom. The molecular formula is C25H29N7O4. The van der Waals surface area contributed by atoms with Crippen molar-refractivity contribution in [2.45, 2.75) is 13.8 Å². The first-order valence-corrected chi connectivity index (χ1v) is 12.1. The van der Waals surface area contributed by atoms with Gasteiger partial charge in [-0.3, -0.25) is 14.9 Å². The second-order valence-electron chi connectivity index (χ2n) is 9.10. The van der Waals surface area contributed by atoms with Gasteiger partial charge in [-0.15, -0.1) is 0 Å². The van der Waals surface area contributed by atoms with Crippen LogP contribution in [0.25, 0.3) is 0 Å². The number of aromatic nitrogens is 2. The summed E-state index contributed by atoms with van der Waals surface area (Å²) in [5.41, 5.74) is 3.60. The molecule has 188 valence electrons. The average molecular weight is 492 g/mol. The predicted molar refractivity (Wildman–Crippen MR) is 136 cm³/mol. The molecule has 1 aromatic carbocycles. The maximum absolute atomic E-state index is 12.6. The third kappa shape index (κ3) is 4.43. The highest BCUT2D eigenvalue weighted by Gasteiger charge is 2.34. The third-order valence-electron chi connectivity index (χ3n) is 6.90. The summed E-state index contributed by atoms with van der Waals surface area (Å²) in [5.74, 6) is 0.755. The van der Waals surface area contributed by atoms with E-state index in [-0.39, 0.29) is 16.5 Å². The summed E-state index contributed by atoms with van der Waals surface area (Å²) < 4.78 is 5.22. The van der Waals surface area contributed by atoms with Crippen LogP contribution in [0.5, 0.6) is 0 Å². The van der Waals surface area contributed by atoms with Crippen LogP contribution in [0, 0.1) is 24.0 Å². The average Bonchev–Trinajstić information content (AvgIpc) is 3.43. The first kappa shape index (κ1) is 23.6. The number of amides is 1. The van der Waals surface area contributed by atoms with Crippen LogP contribution in [0.2, 0.25) is 0 Å². The van der Waals surface area contributed by atoms with E-state index in [1.807, 2.05) is 9.80 Å². The lowest BCUT2D eigenvalue weighted by Gasteiger charge is -2.38. The van der Waals surface area contributed by atoms with Gasteiger partial charge >= 0.3 is 5.69 Å². The van der Waals surface area contributed by atoms with Crippen molar-refractivity contribution in [2.75, 3.05) is 67.1 Å². The van der Waals surface area contributed by atoms with Crippen LogP contribution in [-0.4, -0.2) is 78.1 Å². The monoisotopic (exact) mass is 491 g/mol. The van der Waals surface area contributed by atoms with Gasteiger partial charge < -0.3 is 24.0 Å². The number of carbonyl (C=O) groups is 1. The number of nitrogens with zero attached hydrogens (tertiary/aromatic N) is 7. The van der Waals surface area contributed by atoms with E-state index in [0.717, 1.165) is 13.1 Å². The maximum atomic E-state index is 12.6. The van der Waals surface area contributed by atoms with Gasteiger partial charge in [0.15, 0.2) is 5.76 Å². The summed E-state index contributed by atoms with van der Waals surface area (Å²) >= 11 is 0. The van der Waals surface area contributed by atoms with E-state index >= 15 is 0 Å². The van der Waals surface area contributed by atoms with Gasteiger partial charge in [-0.1, -0.05) is 18.2 Å². The lowest BCUT2D eigenvalue weighted by molar-refractivity contribution is -0.383. The van der Waals surface area contributed by atoms with Crippen LogP contribution in [-0.2, 0) is 0 Å². The summed E-state index contributed by atoms with van der Waals surface area (Å²) in [6, 6.07) is 9.59. The van der Waals surface area contributed by atoms with Crippen LogP contribution in [0.4, 0.5) is 23.0 Å². The molecule has 0 bridgehead atoms. The minimum absolute atomic E-state index is 0.0798. The quantitative estimate of drug-likeness (QED) is 0.393. The van der Waals surface area contributed by atoms with Crippen molar-refractivity contribution in [1.29, 1.82) is 0 Å². The normalized spacial score (nSPS) is 16.4. The number of carbonyl (C=O) groups excluding carboxylic acids is 1. The molecule has 0 atom stereocenters. The van der Waals surface area contributed by atoms with Crippen LogP contribution in [0.3, 0.4) is 0 Å². The Morgan fingerprint density at radius 1 is 0.861 bits per heavy atom. The summed E-state index contributed by atoms with van der Waals surface area (Å²) in [6.45, 7) is 8.66. The molecule has 2 saturated heterocycles. The number of para-hydroxylation sites is 1. The molecule has 2 aliphatic rings. The van der Waals surface area contributed by atoms with Crippen LogP contribution < -0.4 is 14.7 Å². The van der Waals surface area contributed by atoms with Crippen molar-refractivity contribution in [2.24, 2.45) is 0 Å². The highest BCUT2D eigenvalue weighted by atomic mass is 16.6. The van der Waals surface area contributed by atoms with Crippen LogP contribution in [0.1, 0.15) is 21.7 Å². The maximum Gasteiger partial charge on any atom is 0.353 e. The molecular weight excluding hydrogens is 462 g/mol. The Morgan fingerprint density at radius 3 is 1.94 bits per heavy atom. The van der Waals surface area contributed by atoms with E-state index in [0.29, 0.717) is 56.7 Å². The van der Waals surface area contributed by atoms with Crippen LogP contribution in [0.15, 0.2) is 47.3 Å². The zero-order chi connectivity index (χ0) is 25.2. The van der Waals surface area contributed by atoms with E-state index in [2.05, 4.69) is 46.9 Å². The Hall–Kier alpha value is -4.15. The molecule has 4 heterocycles. The van der Waals surface area contributed by atoms with Gasteiger partial charge in [0, 0.05) is 58.0 Å². The Bertz CT molecular complexity index is 1230. The highest BCUT2D eigenvalue weighted by molar-refractivity contribution is 5.91. The number of hydrogen-bond donors (Lipinski definition) is 0. The van der Waals surface area contributed by atoms with Gasteiger partial charge in [-0.25, -0.2) is 9.97 Å². The standard InChI is InChI=1S/C25H29N7O4/c1-18-5-3-6-19(2)21(18)28-8-10-29(11-9-28)23-22(32(34)35)24(27-17-26-23)30-12-14-31(15-13-30)25(33)20-7-4-16-36-20/h3-7,16-17H,8-15H2,1-2H3. The third-order valence-corrected chi connectivity index (χ3v) is 6.90. The number of hydrogen-bond acceptors (Lipinski definition) is 9. The number of piperazine rings is 2. The molecule has 0 aliphatic carbocycles. The molecule has 11 heteroatoms. The van der Waals surface area contributed by atoms with Crippen molar-refractivity contribution in [1.82, 2.24) is 14.9 Å². The minimum atomic E-state index is -0.386. The Kier molecular flexibility index (Phi) is 6.45. The van der Waals surface area contributed by atoms with Gasteiger partial charge in [0.25, 0.3) is 5.91 Å². The number of nitro groups is 1. The van der Waals surface area contributed by atoms with Gasteiger partial charge in [0.2, 0.25) is 11.6 Å². The zero-order valence-electron chi connectivity index (χ0n) is 20.5. The fraction of sp³-hybridized carbons (Fsp3) is 0.400. The summed E-state index contributed by atoms with van der Waals surface area (Å²) in [5, 5.41) is 12.2. The summed E-state index contributed by atoms with van der Waals surface area (Å²) in [6.07, 6.45) is 2.87. The number of furan rings is 1. The number of rotatable bonds is 5. The van der Waals surface area contributed by atoms with E-state index in [4.69, 9.17) is 4.42 Å². The smallest absolute Gasteiger partial charge is 0.353 e. The molecule has 0 N–H and O–H groups in total. The number of benzene rings is 1. The lowest BCUT2D eigenvalue weighted by atomic mass is 10.1. The molecule has 0 unspecified atom stereocenters. The minimum Gasteiger partial charge on any atom is -0.459 e. The van der Waals surface area contributed by atoms with Gasteiger partial charge in [-0.05, 0) is 37.1 Å². The summed E-state index contributed by atoms with van der Waals surface area (Å²) in [4.78, 5) is 40.9. The first-order chi connectivity index (χ1) is 17.4. The number of aryl methyl sites for hydroxylation is 2. The zero-order valence-corrected chi connectivity index (χ0v) is 20.5.